The van der Waals surface area contributed by atoms with E-state index in [4.69, 9.17) is 16.3 Å². The number of carbonyl (C=O) groups excluding carboxylic acids is 2. The predicted molar refractivity (Wildman–Crippen MR) is 158 cm³/mol. The van der Waals surface area contributed by atoms with Gasteiger partial charge in [-0.1, -0.05) is 67.9 Å². The zero-order chi connectivity index (χ0) is 29.1. The van der Waals surface area contributed by atoms with Crippen LogP contribution in [0.2, 0.25) is 5.02 Å². The first-order valence-electron chi connectivity index (χ1n) is 13.3. The van der Waals surface area contributed by atoms with E-state index in [1.807, 2.05) is 13.8 Å². The number of nitrogens with zero attached hydrogens (tertiary/aromatic N) is 2. The predicted octanol–water partition coefficient (Wildman–Crippen LogP) is 5.27. The van der Waals surface area contributed by atoms with Crippen molar-refractivity contribution in [2.24, 2.45) is 0 Å². The number of nitrogens with one attached hydrogen (secondary N) is 1. The molecule has 10 heteroatoms. The van der Waals surface area contributed by atoms with Crippen LogP contribution in [0.25, 0.3) is 0 Å². The zero-order valence-corrected chi connectivity index (χ0v) is 24.6. The third-order valence-corrected chi connectivity index (χ3v) is 8.27. The Morgan fingerprint density at radius 2 is 1.57 bits per heavy atom. The Morgan fingerprint density at radius 3 is 2.20 bits per heavy atom. The molecule has 1 N–H and O–H groups in total. The van der Waals surface area contributed by atoms with Gasteiger partial charge < -0.3 is 15.0 Å². The number of benzene rings is 3. The molecular formula is C30H36ClN3O5S. The van der Waals surface area contributed by atoms with Crippen molar-refractivity contribution in [1.29, 1.82) is 0 Å². The summed E-state index contributed by atoms with van der Waals surface area (Å²) in [4.78, 5) is 28.7. The summed E-state index contributed by atoms with van der Waals surface area (Å²) in [5.41, 5.74) is 0.989. The fourth-order valence-corrected chi connectivity index (χ4v) is 5.82. The lowest BCUT2D eigenvalue weighted by Gasteiger charge is -2.33. The molecule has 0 radical (unpaired) electrons. The second-order valence-electron chi connectivity index (χ2n) is 9.09. The Balaban J connectivity index is 2.08. The van der Waals surface area contributed by atoms with Gasteiger partial charge in [-0.25, -0.2) is 8.42 Å². The maximum Gasteiger partial charge on any atom is 0.264 e. The number of sulfonamides is 1. The van der Waals surface area contributed by atoms with Gasteiger partial charge in [0.05, 0.1) is 17.2 Å². The highest BCUT2D eigenvalue weighted by atomic mass is 35.5. The summed E-state index contributed by atoms with van der Waals surface area (Å²) >= 11 is 6.06. The molecule has 0 heterocycles. The zero-order valence-electron chi connectivity index (χ0n) is 23.0. The number of ether oxygens (including phenoxy) is 1. The Bertz CT molecular complexity index is 1370. The van der Waals surface area contributed by atoms with Crippen molar-refractivity contribution in [3.8, 4) is 5.75 Å². The maximum atomic E-state index is 14.1. The minimum absolute atomic E-state index is 0.0334. The van der Waals surface area contributed by atoms with Gasteiger partial charge in [-0.15, -0.1) is 0 Å². The van der Waals surface area contributed by atoms with Crippen LogP contribution in [0.4, 0.5) is 5.69 Å². The Kier molecular flexibility index (Phi) is 11.4. The van der Waals surface area contributed by atoms with Gasteiger partial charge in [-0.05, 0) is 61.7 Å². The molecule has 214 valence electrons. The highest BCUT2D eigenvalue weighted by molar-refractivity contribution is 7.92. The molecule has 0 saturated heterocycles. The third kappa shape index (κ3) is 7.76. The maximum absolute atomic E-state index is 14.1. The van der Waals surface area contributed by atoms with Crippen LogP contribution in [0.1, 0.15) is 39.2 Å². The highest BCUT2D eigenvalue weighted by Crippen LogP contribution is 2.33. The minimum atomic E-state index is -4.18. The first-order chi connectivity index (χ1) is 19.2. The SMILES string of the molecule is CCCNC(=O)C(CC)N(Cc1ccc(Cl)cc1)C(=O)CN(c1ccccc1OCC)S(=O)(=O)c1ccccc1. The fourth-order valence-electron chi connectivity index (χ4n) is 4.25. The Labute approximate surface area is 241 Å². The van der Waals surface area contributed by atoms with E-state index in [9.17, 15) is 18.0 Å². The van der Waals surface area contributed by atoms with Crippen LogP contribution in [0, 0.1) is 0 Å². The highest BCUT2D eigenvalue weighted by Gasteiger charge is 2.34. The van der Waals surface area contributed by atoms with Gasteiger partial charge in [0.2, 0.25) is 11.8 Å². The van der Waals surface area contributed by atoms with Crippen molar-refractivity contribution in [1.82, 2.24) is 10.2 Å². The van der Waals surface area contributed by atoms with E-state index in [2.05, 4.69) is 5.32 Å². The van der Waals surface area contributed by atoms with Crippen LogP contribution < -0.4 is 14.4 Å². The summed E-state index contributed by atoms with van der Waals surface area (Å²) in [5, 5.41) is 3.42. The number of anilines is 1. The normalized spacial score (nSPS) is 11.9. The number of rotatable bonds is 14. The average Bonchev–Trinajstić information content (AvgIpc) is 2.96. The smallest absolute Gasteiger partial charge is 0.264 e. The molecule has 3 aromatic rings. The number of hydrogen-bond acceptors (Lipinski definition) is 5. The van der Waals surface area contributed by atoms with Crippen LogP contribution in [0.15, 0.2) is 83.8 Å². The van der Waals surface area contributed by atoms with Gasteiger partial charge in [0.1, 0.15) is 18.3 Å². The molecule has 0 bridgehead atoms. The third-order valence-electron chi connectivity index (χ3n) is 6.25. The molecule has 0 aliphatic heterocycles. The van der Waals surface area contributed by atoms with Gasteiger partial charge >= 0.3 is 0 Å². The lowest BCUT2D eigenvalue weighted by atomic mass is 10.1. The number of para-hydroxylation sites is 2. The van der Waals surface area contributed by atoms with Gasteiger partial charge in [0.15, 0.2) is 0 Å². The van der Waals surface area contributed by atoms with Crippen LogP contribution >= 0.6 is 11.6 Å². The molecular weight excluding hydrogens is 550 g/mol. The van der Waals surface area contributed by atoms with E-state index in [1.54, 1.807) is 73.7 Å². The number of carbonyl (C=O) groups is 2. The number of amides is 2. The summed E-state index contributed by atoms with van der Waals surface area (Å²) in [6.45, 7) is 5.90. The summed E-state index contributed by atoms with van der Waals surface area (Å²) in [6.07, 6.45) is 1.08. The first-order valence-corrected chi connectivity index (χ1v) is 15.2. The van der Waals surface area contributed by atoms with Crippen LogP contribution in [0.5, 0.6) is 5.75 Å². The summed E-state index contributed by atoms with van der Waals surface area (Å²) in [5.74, 6) is -0.493. The number of hydrogen-bond donors (Lipinski definition) is 1. The first kappa shape index (κ1) is 31.0. The van der Waals surface area contributed by atoms with Crippen molar-refractivity contribution in [3.05, 3.63) is 89.4 Å². The molecule has 3 rings (SSSR count). The summed E-state index contributed by atoms with van der Waals surface area (Å²) in [7, 11) is -4.18. The molecule has 0 aromatic heterocycles. The molecule has 0 fully saturated rings. The molecule has 0 aliphatic rings. The molecule has 8 nitrogen and oxygen atoms in total. The number of halogens is 1. The monoisotopic (exact) mass is 585 g/mol. The van der Waals surface area contributed by atoms with E-state index in [-0.39, 0.29) is 23.0 Å². The molecule has 0 aliphatic carbocycles. The standard InChI is InChI=1S/C30H36ClN3O5S/c1-4-20-32-30(36)26(5-2)33(21-23-16-18-24(31)19-17-23)29(35)22-34(27-14-10-11-15-28(27)39-6-3)40(37,38)25-12-8-7-9-13-25/h7-19,26H,4-6,20-22H2,1-3H3,(H,32,36). The van der Waals surface area contributed by atoms with Crippen LogP contribution in [0.3, 0.4) is 0 Å². The topological polar surface area (TPSA) is 96.0 Å². The molecule has 0 saturated carbocycles. The van der Waals surface area contributed by atoms with Crippen molar-refractivity contribution in [3.63, 3.8) is 0 Å². The van der Waals surface area contributed by atoms with Crippen molar-refractivity contribution in [2.45, 2.75) is 51.1 Å². The quantitative estimate of drug-likeness (QED) is 0.278. The van der Waals surface area contributed by atoms with Crippen molar-refractivity contribution >= 4 is 39.1 Å². The van der Waals surface area contributed by atoms with Crippen molar-refractivity contribution in [2.75, 3.05) is 24.0 Å². The lowest BCUT2D eigenvalue weighted by Crippen LogP contribution is -2.52. The molecule has 40 heavy (non-hydrogen) atoms. The Hall–Kier alpha value is -3.56. The molecule has 3 aromatic carbocycles. The van der Waals surface area contributed by atoms with E-state index in [0.29, 0.717) is 30.3 Å². The molecule has 1 atom stereocenters. The summed E-state index contributed by atoms with van der Waals surface area (Å²) < 4.78 is 34.7. The molecule has 1 unspecified atom stereocenters. The minimum Gasteiger partial charge on any atom is -0.492 e. The second-order valence-corrected chi connectivity index (χ2v) is 11.4. The van der Waals surface area contributed by atoms with E-state index in [1.165, 1.54) is 17.0 Å². The van der Waals surface area contributed by atoms with E-state index >= 15 is 0 Å². The fraction of sp³-hybridized carbons (Fsp3) is 0.333. The van der Waals surface area contributed by atoms with Gasteiger partial charge in [0.25, 0.3) is 10.0 Å². The molecule has 0 spiro atoms. The summed E-state index contributed by atoms with van der Waals surface area (Å²) in [6, 6.07) is 20.8. The van der Waals surface area contributed by atoms with Crippen molar-refractivity contribution < 1.29 is 22.7 Å². The largest absolute Gasteiger partial charge is 0.492 e. The lowest BCUT2D eigenvalue weighted by molar-refractivity contribution is -0.140. The second kappa shape index (κ2) is 14.7. The van der Waals surface area contributed by atoms with E-state index in [0.717, 1.165) is 16.3 Å². The van der Waals surface area contributed by atoms with E-state index < -0.39 is 28.5 Å². The average molecular weight is 586 g/mol. The van der Waals surface area contributed by atoms with Gasteiger partial charge in [0, 0.05) is 18.1 Å². The van der Waals surface area contributed by atoms with Crippen LogP contribution in [-0.2, 0) is 26.2 Å². The molecule has 2 amide bonds. The van der Waals surface area contributed by atoms with Gasteiger partial charge in [-0.3, -0.25) is 13.9 Å². The Morgan fingerprint density at radius 1 is 0.925 bits per heavy atom. The van der Waals surface area contributed by atoms with Crippen LogP contribution in [-0.4, -0.2) is 50.9 Å². The van der Waals surface area contributed by atoms with Gasteiger partial charge in [-0.2, -0.15) is 0 Å².